The summed E-state index contributed by atoms with van der Waals surface area (Å²) in [7, 11) is 0. The zero-order valence-electron chi connectivity index (χ0n) is 15.4. The zero-order valence-corrected chi connectivity index (χ0v) is 16.2. The molecule has 0 radical (unpaired) electrons. The Morgan fingerprint density at radius 3 is 2.81 bits per heavy atom. The van der Waals surface area contributed by atoms with E-state index in [-0.39, 0.29) is 17.8 Å². The van der Waals surface area contributed by atoms with Crippen LogP contribution in [-0.4, -0.2) is 35.8 Å². The molecule has 0 unspecified atom stereocenters. The van der Waals surface area contributed by atoms with Gasteiger partial charge in [-0.2, -0.15) is 0 Å². The summed E-state index contributed by atoms with van der Waals surface area (Å²) in [5, 5.41) is 3.44. The number of aryl methyl sites for hydroxylation is 1. The van der Waals surface area contributed by atoms with Gasteiger partial charge in [-0.15, -0.1) is 11.3 Å². The van der Waals surface area contributed by atoms with E-state index in [1.807, 2.05) is 24.0 Å². The van der Waals surface area contributed by atoms with Crippen LogP contribution in [0.2, 0.25) is 0 Å². The lowest BCUT2D eigenvalue weighted by Gasteiger charge is -2.15. The third-order valence-electron chi connectivity index (χ3n) is 4.35. The summed E-state index contributed by atoms with van der Waals surface area (Å²) in [4.78, 5) is 38.6. The van der Waals surface area contributed by atoms with Crippen molar-refractivity contribution >= 4 is 34.1 Å². The van der Waals surface area contributed by atoms with Crippen molar-refractivity contribution in [2.75, 3.05) is 18.5 Å². The van der Waals surface area contributed by atoms with Crippen LogP contribution in [0.4, 0.5) is 5.00 Å². The van der Waals surface area contributed by atoms with Crippen molar-refractivity contribution in [2.24, 2.45) is 0 Å². The molecule has 142 valence electrons. The van der Waals surface area contributed by atoms with E-state index in [9.17, 15) is 14.4 Å². The Morgan fingerprint density at radius 1 is 1.30 bits per heavy atom. The van der Waals surface area contributed by atoms with Crippen LogP contribution in [-0.2, 0) is 16.1 Å². The van der Waals surface area contributed by atoms with Gasteiger partial charge in [-0.1, -0.05) is 12.1 Å². The molecule has 1 aliphatic rings. The fourth-order valence-electron chi connectivity index (χ4n) is 3.03. The lowest BCUT2D eigenvalue weighted by molar-refractivity contribution is -0.128. The fourth-order valence-corrected chi connectivity index (χ4v) is 3.99. The number of benzene rings is 1. The summed E-state index contributed by atoms with van der Waals surface area (Å²) in [5.41, 5.74) is 2.21. The lowest BCUT2D eigenvalue weighted by Crippen LogP contribution is -2.24. The molecule has 0 aliphatic carbocycles. The first kappa shape index (κ1) is 19.1. The highest BCUT2D eigenvalue weighted by Crippen LogP contribution is 2.28. The van der Waals surface area contributed by atoms with E-state index in [2.05, 4.69) is 5.32 Å². The Morgan fingerprint density at radius 2 is 2.11 bits per heavy atom. The molecule has 0 spiro atoms. The van der Waals surface area contributed by atoms with Crippen LogP contribution in [0.25, 0.3) is 0 Å². The molecule has 3 rings (SSSR count). The number of amides is 2. The van der Waals surface area contributed by atoms with E-state index in [0.29, 0.717) is 35.0 Å². The normalized spacial score (nSPS) is 13.7. The Kier molecular flexibility index (Phi) is 5.91. The van der Waals surface area contributed by atoms with Crippen LogP contribution in [0.15, 0.2) is 30.3 Å². The molecule has 0 atom stereocenters. The molecule has 2 heterocycles. The minimum Gasteiger partial charge on any atom is -0.462 e. The Bertz CT molecular complexity index is 875. The van der Waals surface area contributed by atoms with Gasteiger partial charge in [0.25, 0.3) is 5.91 Å². The molecular formula is C20H22N2O4S. The Balaban J connectivity index is 1.69. The van der Waals surface area contributed by atoms with Crippen LogP contribution in [0.1, 0.15) is 50.9 Å². The summed E-state index contributed by atoms with van der Waals surface area (Å²) >= 11 is 1.20. The van der Waals surface area contributed by atoms with Crippen molar-refractivity contribution < 1.29 is 19.1 Å². The lowest BCUT2D eigenvalue weighted by atomic mass is 10.1. The Hall–Kier alpha value is -2.67. The molecule has 1 aromatic heterocycles. The molecule has 2 aromatic rings. The molecule has 0 saturated carbocycles. The molecule has 1 aromatic carbocycles. The van der Waals surface area contributed by atoms with E-state index >= 15 is 0 Å². The van der Waals surface area contributed by atoms with Crippen molar-refractivity contribution in [3.8, 4) is 0 Å². The largest absolute Gasteiger partial charge is 0.462 e. The first-order valence-electron chi connectivity index (χ1n) is 8.93. The molecule has 0 bridgehead atoms. The van der Waals surface area contributed by atoms with Crippen molar-refractivity contribution in [3.63, 3.8) is 0 Å². The van der Waals surface area contributed by atoms with E-state index in [1.54, 1.807) is 25.1 Å². The van der Waals surface area contributed by atoms with Crippen LogP contribution >= 0.6 is 11.3 Å². The number of rotatable bonds is 6. The quantitative estimate of drug-likeness (QED) is 0.770. The molecule has 1 saturated heterocycles. The second-order valence-electron chi connectivity index (χ2n) is 6.42. The third-order valence-corrected chi connectivity index (χ3v) is 5.48. The van der Waals surface area contributed by atoms with Gasteiger partial charge in [-0.3, -0.25) is 9.59 Å². The van der Waals surface area contributed by atoms with Crippen LogP contribution in [0.5, 0.6) is 0 Å². The van der Waals surface area contributed by atoms with E-state index in [4.69, 9.17) is 4.74 Å². The molecule has 2 amide bonds. The maximum atomic E-state index is 12.6. The topological polar surface area (TPSA) is 75.7 Å². The molecule has 6 nitrogen and oxygen atoms in total. The van der Waals surface area contributed by atoms with E-state index in [0.717, 1.165) is 24.1 Å². The highest BCUT2D eigenvalue weighted by atomic mass is 32.1. The molecule has 1 aliphatic heterocycles. The second-order valence-corrected chi connectivity index (χ2v) is 7.47. The zero-order chi connectivity index (χ0) is 19.4. The number of anilines is 1. The van der Waals surface area contributed by atoms with Crippen molar-refractivity contribution in [1.29, 1.82) is 0 Å². The van der Waals surface area contributed by atoms with Gasteiger partial charge in [-0.05, 0) is 49.6 Å². The van der Waals surface area contributed by atoms with E-state index < -0.39 is 0 Å². The van der Waals surface area contributed by atoms with Gasteiger partial charge < -0.3 is 15.0 Å². The minimum atomic E-state index is -0.377. The predicted molar refractivity (Wildman–Crippen MR) is 104 cm³/mol. The number of thiophene rings is 1. The monoisotopic (exact) mass is 386 g/mol. The number of nitrogens with zero attached hydrogens (tertiary/aromatic N) is 1. The second kappa shape index (κ2) is 8.35. The summed E-state index contributed by atoms with van der Waals surface area (Å²) in [6.45, 7) is 5.16. The smallest absolute Gasteiger partial charge is 0.348 e. The third kappa shape index (κ3) is 4.54. The fraction of sp³-hybridized carbons (Fsp3) is 0.350. The van der Waals surface area contributed by atoms with Gasteiger partial charge in [0.15, 0.2) is 0 Å². The van der Waals surface area contributed by atoms with Gasteiger partial charge in [-0.25, -0.2) is 4.79 Å². The maximum Gasteiger partial charge on any atom is 0.348 e. The van der Waals surface area contributed by atoms with Crippen molar-refractivity contribution in [2.45, 2.75) is 33.2 Å². The first-order valence-corrected chi connectivity index (χ1v) is 9.75. The van der Waals surface area contributed by atoms with E-state index in [1.165, 1.54) is 11.3 Å². The van der Waals surface area contributed by atoms with Crippen molar-refractivity contribution in [3.05, 3.63) is 51.9 Å². The Labute approximate surface area is 162 Å². The van der Waals surface area contributed by atoms with Gasteiger partial charge in [0.05, 0.1) is 11.6 Å². The van der Waals surface area contributed by atoms with Gasteiger partial charge >= 0.3 is 5.97 Å². The summed E-state index contributed by atoms with van der Waals surface area (Å²) in [5.74, 6) is -0.468. The molecule has 7 heteroatoms. The van der Waals surface area contributed by atoms with Gasteiger partial charge in [0.2, 0.25) is 5.91 Å². The standard InChI is InChI=1S/C20H22N2O4S/c1-3-26-20(25)18-13(2)10-16(27-18)21-19(24)15-7-4-6-14(11-15)12-22-9-5-8-17(22)23/h4,6-7,10-11H,3,5,8-9,12H2,1-2H3,(H,21,24). The highest BCUT2D eigenvalue weighted by molar-refractivity contribution is 7.18. The number of hydrogen-bond acceptors (Lipinski definition) is 5. The van der Waals surface area contributed by atoms with Crippen LogP contribution < -0.4 is 5.32 Å². The number of hydrogen-bond donors (Lipinski definition) is 1. The number of ether oxygens (including phenoxy) is 1. The van der Waals surface area contributed by atoms with Crippen LogP contribution in [0, 0.1) is 6.92 Å². The number of carbonyl (C=O) groups excluding carboxylic acids is 3. The minimum absolute atomic E-state index is 0.158. The number of carbonyl (C=O) groups is 3. The molecule has 1 fully saturated rings. The predicted octanol–water partition coefficient (Wildman–Crippen LogP) is 3.61. The summed E-state index contributed by atoms with van der Waals surface area (Å²) in [6, 6.07) is 9.03. The average Bonchev–Trinajstić information content (AvgIpc) is 3.21. The van der Waals surface area contributed by atoms with Gasteiger partial charge in [0, 0.05) is 25.1 Å². The number of likely N-dealkylation sites (tertiary alicyclic amines) is 1. The SMILES string of the molecule is CCOC(=O)c1sc(NC(=O)c2cccc(CN3CCCC3=O)c2)cc1C. The average molecular weight is 386 g/mol. The van der Waals surface area contributed by atoms with Crippen molar-refractivity contribution in [1.82, 2.24) is 4.90 Å². The summed E-state index contributed by atoms with van der Waals surface area (Å²) < 4.78 is 5.03. The number of nitrogens with one attached hydrogen (secondary N) is 1. The molecular weight excluding hydrogens is 364 g/mol. The summed E-state index contributed by atoms with van der Waals surface area (Å²) in [6.07, 6.45) is 1.49. The first-order chi connectivity index (χ1) is 13.0. The van der Waals surface area contributed by atoms with Gasteiger partial charge in [0.1, 0.15) is 4.88 Å². The number of esters is 1. The molecule has 1 N–H and O–H groups in total. The van der Waals surface area contributed by atoms with Crippen LogP contribution in [0.3, 0.4) is 0 Å². The molecule has 27 heavy (non-hydrogen) atoms. The highest BCUT2D eigenvalue weighted by Gasteiger charge is 2.20. The maximum absolute atomic E-state index is 12.6.